The number of rotatable bonds is 4. The number of nitrogens with zero attached hydrogens (tertiary/aromatic N) is 2. The molecule has 0 aliphatic carbocycles. The molecule has 0 saturated carbocycles. The number of hydrogen-bond donors (Lipinski definition) is 2. The minimum absolute atomic E-state index is 0.00361. The Labute approximate surface area is 108 Å². The zero-order chi connectivity index (χ0) is 13.0. The Kier molecular flexibility index (Phi) is 4.58. The van der Waals surface area contributed by atoms with Crippen LogP contribution in [0.1, 0.15) is 18.5 Å². The second-order valence-electron chi connectivity index (χ2n) is 4.76. The molecule has 4 nitrogen and oxygen atoms in total. The monoisotopic (exact) mass is 250 g/mol. The Balaban J connectivity index is 2.05. The molecule has 4 heteroatoms. The summed E-state index contributed by atoms with van der Waals surface area (Å²) in [5, 5.41) is 19.1. The van der Waals surface area contributed by atoms with Crippen LogP contribution in [0.5, 0.6) is 5.75 Å². The maximum atomic E-state index is 9.61. The molecule has 0 aromatic heterocycles. The topological polar surface area (TPSA) is 46.9 Å². The summed E-state index contributed by atoms with van der Waals surface area (Å²) < 4.78 is 0. The highest BCUT2D eigenvalue weighted by atomic mass is 16.3. The Morgan fingerprint density at radius 2 is 1.94 bits per heavy atom. The maximum Gasteiger partial charge on any atom is 0.115 e. The first-order valence-corrected chi connectivity index (χ1v) is 6.60. The molecule has 1 aromatic rings. The number of phenols is 1. The molecule has 0 bridgehead atoms. The van der Waals surface area contributed by atoms with Crippen LogP contribution in [0.2, 0.25) is 0 Å². The van der Waals surface area contributed by atoms with E-state index in [0.29, 0.717) is 0 Å². The third kappa shape index (κ3) is 3.02. The fourth-order valence-electron chi connectivity index (χ4n) is 2.56. The van der Waals surface area contributed by atoms with Crippen LogP contribution >= 0.6 is 0 Å². The quantitative estimate of drug-likeness (QED) is 0.839. The number of benzene rings is 1. The van der Waals surface area contributed by atoms with Gasteiger partial charge in [0.05, 0.1) is 12.6 Å². The lowest BCUT2D eigenvalue weighted by atomic mass is 10.0. The predicted molar refractivity (Wildman–Crippen MR) is 71.6 cm³/mol. The largest absolute Gasteiger partial charge is 0.508 e. The van der Waals surface area contributed by atoms with Crippen LogP contribution in [0.3, 0.4) is 0 Å². The molecule has 0 amide bonds. The zero-order valence-electron chi connectivity index (χ0n) is 10.9. The minimum Gasteiger partial charge on any atom is -0.508 e. The van der Waals surface area contributed by atoms with Crippen molar-refractivity contribution in [2.75, 3.05) is 39.3 Å². The van der Waals surface area contributed by atoms with Gasteiger partial charge in [-0.05, 0) is 24.2 Å². The highest BCUT2D eigenvalue weighted by Gasteiger charge is 2.24. The van der Waals surface area contributed by atoms with Crippen molar-refractivity contribution in [1.29, 1.82) is 0 Å². The van der Waals surface area contributed by atoms with Gasteiger partial charge >= 0.3 is 0 Å². The van der Waals surface area contributed by atoms with Gasteiger partial charge in [-0.1, -0.05) is 19.1 Å². The van der Waals surface area contributed by atoms with Gasteiger partial charge in [0.25, 0.3) is 0 Å². The van der Waals surface area contributed by atoms with Gasteiger partial charge in [-0.25, -0.2) is 0 Å². The van der Waals surface area contributed by atoms with Crippen LogP contribution in [0.25, 0.3) is 0 Å². The SMILES string of the molecule is CCN1CCN(C(CO)c2cccc(O)c2)CC1. The van der Waals surface area contributed by atoms with Crippen molar-refractivity contribution in [2.24, 2.45) is 0 Å². The fraction of sp³-hybridized carbons (Fsp3) is 0.571. The first-order chi connectivity index (χ1) is 8.74. The van der Waals surface area contributed by atoms with Gasteiger partial charge in [0.2, 0.25) is 0 Å². The molecule has 0 radical (unpaired) electrons. The minimum atomic E-state index is -0.00361. The molecule has 1 aromatic carbocycles. The van der Waals surface area contributed by atoms with E-state index in [1.807, 2.05) is 12.1 Å². The number of aliphatic hydroxyl groups excluding tert-OH is 1. The summed E-state index contributed by atoms with van der Waals surface area (Å²) >= 11 is 0. The first-order valence-electron chi connectivity index (χ1n) is 6.60. The molecule has 0 spiro atoms. The first kappa shape index (κ1) is 13.3. The summed E-state index contributed by atoms with van der Waals surface area (Å²) in [6.07, 6.45) is 0. The van der Waals surface area contributed by atoms with E-state index < -0.39 is 0 Å². The molecule has 1 heterocycles. The molecule has 2 N–H and O–H groups in total. The highest BCUT2D eigenvalue weighted by Crippen LogP contribution is 2.24. The normalized spacial score (nSPS) is 19.9. The van der Waals surface area contributed by atoms with Crippen LogP contribution in [-0.2, 0) is 0 Å². The standard InChI is InChI=1S/C14H22N2O2/c1-2-15-6-8-16(9-7-15)14(11-17)12-4-3-5-13(18)10-12/h3-5,10,14,17-18H,2,6-9,11H2,1H3. The number of likely N-dealkylation sites (N-methyl/N-ethyl adjacent to an activating group) is 1. The van der Waals surface area contributed by atoms with E-state index in [-0.39, 0.29) is 18.4 Å². The summed E-state index contributed by atoms with van der Waals surface area (Å²) in [7, 11) is 0. The van der Waals surface area contributed by atoms with Crippen LogP contribution in [0.15, 0.2) is 24.3 Å². The van der Waals surface area contributed by atoms with Crippen LogP contribution < -0.4 is 0 Å². The molecular weight excluding hydrogens is 228 g/mol. The lowest BCUT2D eigenvalue weighted by Gasteiger charge is -2.38. The smallest absolute Gasteiger partial charge is 0.115 e. The van der Waals surface area contributed by atoms with E-state index in [1.165, 1.54) is 0 Å². The molecule has 1 atom stereocenters. The van der Waals surface area contributed by atoms with Crippen molar-refractivity contribution < 1.29 is 10.2 Å². The number of aliphatic hydroxyl groups is 1. The van der Waals surface area contributed by atoms with Gasteiger partial charge in [-0.3, -0.25) is 4.90 Å². The Morgan fingerprint density at radius 3 is 2.50 bits per heavy atom. The van der Waals surface area contributed by atoms with Gasteiger partial charge in [0, 0.05) is 26.2 Å². The van der Waals surface area contributed by atoms with Gasteiger partial charge in [0.1, 0.15) is 5.75 Å². The highest BCUT2D eigenvalue weighted by molar-refractivity contribution is 5.29. The van der Waals surface area contributed by atoms with Crippen molar-refractivity contribution in [1.82, 2.24) is 9.80 Å². The lowest BCUT2D eigenvalue weighted by Crippen LogP contribution is -2.48. The third-order valence-corrected chi connectivity index (χ3v) is 3.72. The predicted octanol–water partition coefficient (Wildman–Crippen LogP) is 1.06. The van der Waals surface area contributed by atoms with Crippen LogP contribution in [0, 0.1) is 0 Å². The van der Waals surface area contributed by atoms with Crippen LogP contribution in [0.4, 0.5) is 0 Å². The average molecular weight is 250 g/mol. The van der Waals surface area contributed by atoms with Crippen molar-refractivity contribution in [3.63, 3.8) is 0 Å². The summed E-state index contributed by atoms with van der Waals surface area (Å²) in [6.45, 7) is 7.38. The van der Waals surface area contributed by atoms with E-state index in [0.717, 1.165) is 38.3 Å². The second-order valence-corrected chi connectivity index (χ2v) is 4.76. The fourth-order valence-corrected chi connectivity index (χ4v) is 2.56. The van der Waals surface area contributed by atoms with Crippen molar-refractivity contribution >= 4 is 0 Å². The molecule has 100 valence electrons. The van der Waals surface area contributed by atoms with Crippen molar-refractivity contribution in [2.45, 2.75) is 13.0 Å². The Morgan fingerprint density at radius 1 is 1.22 bits per heavy atom. The zero-order valence-corrected chi connectivity index (χ0v) is 10.9. The van der Waals surface area contributed by atoms with Gasteiger partial charge in [-0.15, -0.1) is 0 Å². The molecular formula is C14H22N2O2. The Bertz CT molecular complexity index is 376. The number of hydrogen-bond acceptors (Lipinski definition) is 4. The van der Waals surface area contributed by atoms with Gasteiger partial charge in [-0.2, -0.15) is 0 Å². The molecule has 1 unspecified atom stereocenters. The van der Waals surface area contributed by atoms with Gasteiger partial charge in [0.15, 0.2) is 0 Å². The molecule has 1 fully saturated rings. The van der Waals surface area contributed by atoms with Crippen LogP contribution in [-0.4, -0.2) is 59.3 Å². The maximum absolute atomic E-state index is 9.61. The van der Waals surface area contributed by atoms with E-state index in [4.69, 9.17) is 0 Å². The molecule has 18 heavy (non-hydrogen) atoms. The molecule has 1 aliphatic rings. The van der Waals surface area contributed by atoms with Crippen molar-refractivity contribution in [3.8, 4) is 5.75 Å². The Hall–Kier alpha value is -1.10. The van der Waals surface area contributed by atoms with Crippen molar-refractivity contribution in [3.05, 3.63) is 29.8 Å². The second kappa shape index (κ2) is 6.18. The molecule has 2 rings (SSSR count). The number of phenolic OH excluding ortho intramolecular Hbond substituents is 1. The van der Waals surface area contributed by atoms with E-state index in [2.05, 4.69) is 16.7 Å². The van der Waals surface area contributed by atoms with E-state index >= 15 is 0 Å². The third-order valence-electron chi connectivity index (χ3n) is 3.72. The number of aromatic hydroxyl groups is 1. The molecule has 1 aliphatic heterocycles. The molecule has 1 saturated heterocycles. The summed E-state index contributed by atoms with van der Waals surface area (Å²) in [6, 6.07) is 7.19. The van der Waals surface area contributed by atoms with Gasteiger partial charge < -0.3 is 15.1 Å². The van der Waals surface area contributed by atoms with E-state index in [9.17, 15) is 10.2 Å². The number of piperazine rings is 1. The lowest BCUT2D eigenvalue weighted by molar-refractivity contribution is 0.0671. The summed E-state index contributed by atoms with van der Waals surface area (Å²) in [4.78, 5) is 4.70. The summed E-state index contributed by atoms with van der Waals surface area (Å²) in [5.41, 5.74) is 0.988. The summed E-state index contributed by atoms with van der Waals surface area (Å²) in [5.74, 6) is 0.262. The van der Waals surface area contributed by atoms with E-state index in [1.54, 1.807) is 12.1 Å². The average Bonchev–Trinajstić information content (AvgIpc) is 2.40.